The van der Waals surface area contributed by atoms with Crippen molar-refractivity contribution in [3.8, 4) is 0 Å². The number of rotatable bonds is 0. The van der Waals surface area contributed by atoms with E-state index in [9.17, 15) is 4.21 Å². The van der Waals surface area contributed by atoms with E-state index < -0.39 is 10.8 Å². The maximum Gasteiger partial charge on any atom is 0.149 e. The molecule has 1 aliphatic heterocycles. The normalized spacial score (nSPS) is 20.4. The van der Waals surface area contributed by atoms with E-state index in [4.69, 9.17) is 0 Å². The highest BCUT2D eigenvalue weighted by atomic mass is 32.2. The SMILES string of the molecule is Cc1cnc2c(c1C)S2=O. The van der Waals surface area contributed by atoms with Gasteiger partial charge in [-0.15, -0.1) is 0 Å². The van der Waals surface area contributed by atoms with Crippen molar-refractivity contribution in [2.75, 3.05) is 0 Å². The molecule has 1 unspecified atom stereocenters. The molecule has 1 aliphatic rings. The number of hydrogen-bond donors (Lipinski definition) is 0. The molecule has 0 saturated heterocycles. The molecule has 2 nitrogen and oxygen atoms in total. The minimum atomic E-state index is -0.847. The molecule has 10 heavy (non-hydrogen) atoms. The summed E-state index contributed by atoms with van der Waals surface area (Å²) in [5.41, 5.74) is 2.27. The maximum absolute atomic E-state index is 11.0. The van der Waals surface area contributed by atoms with Crippen LogP contribution in [0, 0.1) is 13.8 Å². The van der Waals surface area contributed by atoms with Crippen LogP contribution >= 0.6 is 0 Å². The molecule has 0 fully saturated rings. The molecule has 2 rings (SSSR count). The summed E-state index contributed by atoms with van der Waals surface area (Å²) < 4.78 is 11.0. The van der Waals surface area contributed by atoms with Crippen LogP contribution in [-0.4, -0.2) is 9.19 Å². The molecule has 52 valence electrons. The highest BCUT2D eigenvalue weighted by molar-refractivity contribution is 7.90. The number of aromatic nitrogens is 1. The van der Waals surface area contributed by atoms with Crippen molar-refractivity contribution in [3.05, 3.63) is 17.3 Å². The van der Waals surface area contributed by atoms with E-state index in [0.29, 0.717) is 0 Å². The van der Waals surface area contributed by atoms with E-state index in [1.54, 1.807) is 6.20 Å². The zero-order valence-corrected chi connectivity index (χ0v) is 6.66. The summed E-state index contributed by atoms with van der Waals surface area (Å²) in [6.07, 6.45) is 1.78. The summed E-state index contributed by atoms with van der Waals surface area (Å²) in [5, 5.41) is 0.781. The molecule has 0 aromatic carbocycles. The van der Waals surface area contributed by atoms with Gasteiger partial charge in [-0.25, -0.2) is 9.19 Å². The maximum atomic E-state index is 11.0. The van der Waals surface area contributed by atoms with Gasteiger partial charge in [-0.1, -0.05) is 0 Å². The molecule has 0 saturated carbocycles. The Kier molecular flexibility index (Phi) is 1.01. The first-order chi connectivity index (χ1) is 4.72. The van der Waals surface area contributed by atoms with Crippen molar-refractivity contribution in [2.24, 2.45) is 0 Å². The Morgan fingerprint density at radius 3 is 2.80 bits per heavy atom. The molecule has 1 aromatic heterocycles. The number of hydrogen-bond acceptors (Lipinski definition) is 2. The quantitative estimate of drug-likeness (QED) is 0.532. The van der Waals surface area contributed by atoms with Crippen molar-refractivity contribution < 1.29 is 4.21 Å². The van der Waals surface area contributed by atoms with Gasteiger partial charge in [-0.3, -0.25) is 0 Å². The smallest absolute Gasteiger partial charge is 0.149 e. The lowest BCUT2D eigenvalue weighted by molar-refractivity contribution is 0.692. The molecular formula is C7H7NOS. The largest absolute Gasteiger partial charge is 0.247 e. The molecule has 3 heteroatoms. The van der Waals surface area contributed by atoms with Crippen molar-refractivity contribution in [1.82, 2.24) is 4.98 Å². The number of fused-ring (bicyclic) bond motifs is 1. The molecule has 2 heterocycles. The van der Waals surface area contributed by atoms with Gasteiger partial charge >= 0.3 is 0 Å². The lowest BCUT2D eigenvalue weighted by atomic mass is 10.2. The lowest BCUT2D eigenvalue weighted by Crippen LogP contribution is -1.78. The number of nitrogens with zero attached hydrogens (tertiary/aromatic N) is 1. The van der Waals surface area contributed by atoms with Gasteiger partial charge in [0.05, 0.1) is 4.90 Å². The molecule has 0 spiro atoms. The summed E-state index contributed by atoms with van der Waals surface area (Å²) in [7, 11) is -0.847. The number of aryl methyl sites for hydroxylation is 1. The van der Waals surface area contributed by atoms with E-state index in [2.05, 4.69) is 4.98 Å². The van der Waals surface area contributed by atoms with Crippen LogP contribution in [-0.2, 0) is 10.8 Å². The van der Waals surface area contributed by atoms with Crippen molar-refractivity contribution in [3.63, 3.8) is 0 Å². The van der Waals surface area contributed by atoms with Crippen LogP contribution in [0.25, 0.3) is 0 Å². The van der Waals surface area contributed by atoms with Crippen LogP contribution in [0.4, 0.5) is 0 Å². The Balaban J connectivity index is 2.74. The minimum absolute atomic E-state index is 0.781. The first-order valence-corrected chi connectivity index (χ1v) is 4.25. The van der Waals surface area contributed by atoms with Gasteiger partial charge in [-0.05, 0) is 25.0 Å². The predicted octanol–water partition coefficient (Wildman–Crippen LogP) is 1.18. The van der Waals surface area contributed by atoms with Gasteiger partial charge in [0, 0.05) is 6.20 Å². The predicted molar refractivity (Wildman–Crippen MR) is 38.4 cm³/mol. The zero-order chi connectivity index (χ0) is 7.30. The summed E-state index contributed by atoms with van der Waals surface area (Å²) in [5.74, 6) is 0. The van der Waals surface area contributed by atoms with Crippen molar-refractivity contribution >= 4 is 10.8 Å². The third-order valence-corrected chi connectivity index (χ3v) is 3.15. The van der Waals surface area contributed by atoms with Crippen molar-refractivity contribution in [2.45, 2.75) is 23.8 Å². The van der Waals surface area contributed by atoms with Gasteiger partial charge in [0.2, 0.25) is 0 Å². The van der Waals surface area contributed by atoms with Gasteiger partial charge in [0.25, 0.3) is 0 Å². The molecule has 1 aromatic rings. The molecule has 0 bridgehead atoms. The first kappa shape index (κ1) is 6.04. The highest BCUT2D eigenvalue weighted by Crippen LogP contribution is 2.37. The Morgan fingerprint density at radius 2 is 2.20 bits per heavy atom. The second kappa shape index (κ2) is 1.66. The summed E-state index contributed by atoms with van der Waals surface area (Å²) in [4.78, 5) is 4.97. The Bertz CT molecular complexity index is 333. The standard InChI is InChI=1S/C7H7NOS/c1-4-3-8-7-6(5(4)2)10(7)9/h3H,1-2H3. The van der Waals surface area contributed by atoms with E-state index in [0.717, 1.165) is 21.0 Å². The Morgan fingerprint density at radius 1 is 1.50 bits per heavy atom. The van der Waals surface area contributed by atoms with Crippen LogP contribution in [0.2, 0.25) is 0 Å². The Labute approximate surface area is 61.7 Å². The monoisotopic (exact) mass is 153 g/mol. The van der Waals surface area contributed by atoms with Crippen LogP contribution in [0.15, 0.2) is 16.1 Å². The second-order valence-corrected chi connectivity index (χ2v) is 3.80. The molecule has 1 atom stereocenters. The van der Waals surface area contributed by atoms with Crippen LogP contribution in [0.1, 0.15) is 11.1 Å². The third-order valence-electron chi connectivity index (χ3n) is 1.82. The molecule has 0 N–H and O–H groups in total. The topological polar surface area (TPSA) is 30.0 Å². The zero-order valence-electron chi connectivity index (χ0n) is 5.84. The van der Waals surface area contributed by atoms with E-state index in [1.807, 2.05) is 13.8 Å². The highest BCUT2D eigenvalue weighted by Gasteiger charge is 2.33. The Hall–Kier alpha value is -0.700. The summed E-state index contributed by atoms with van der Waals surface area (Å²) in [6.45, 7) is 3.97. The third kappa shape index (κ3) is 0.583. The van der Waals surface area contributed by atoms with Crippen LogP contribution < -0.4 is 0 Å². The fourth-order valence-corrected chi connectivity index (χ4v) is 2.12. The average Bonchev–Trinajstić information content (AvgIpc) is 2.54. The van der Waals surface area contributed by atoms with Crippen LogP contribution in [0.3, 0.4) is 0 Å². The number of pyridine rings is 1. The fourth-order valence-electron chi connectivity index (χ4n) is 0.965. The van der Waals surface area contributed by atoms with Gasteiger partial charge in [0.15, 0.2) is 0 Å². The molecular weight excluding hydrogens is 146 g/mol. The summed E-state index contributed by atoms with van der Waals surface area (Å²) in [6, 6.07) is 0. The van der Waals surface area contributed by atoms with Gasteiger partial charge in [-0.2, -0.15) is 0 Å². The van der Waals surface area contributed by atoms with Crippen LogP contribution in [0.5, 0.6) is 0 Å². The molecule has 0 amide bonds. The van der Waals surface area contributed by atoms with E-state index in [-0.39, 0.29) is 0 Å². The molecule has 0 aliphatic carbocycles. The van der Waals surface area contributed by atoms with E-state index >= 15 is 0 Å². The van der Waals surface area contributed by atoms with Crippen molar-refractivity contribution in [1.29, 1.82) is 0 Å². The first-order valence-electron chi connectivity index (χ1n) is 3.10. The minimum Gasteiger partial charge on any atom is -0.247 e. The van der Waals surface area contributed by atoms with Gasteiger partial charge in [0.1, 0.15) is 15.8 Å². The molecule has 0 radical (unpaired) electrons. The lowest BCUT2D eigenvalue weighted by Gasteiger charge is -1.90. The summed E-state index contributed by atoms with van der Waals surface area (Å²) >= 11 is 0. The van der Waals surface area contributed by atoms with E-state index in [1.165, 1.54) is 0 Å². The fraction of sp³-hybridized carbons (Fsp3) is 0.286. The second-order valence-electron chi connectivity index (χ2n) is 2.47. The van der Waals surface area contributed by atoms with Gasteiger partial charge < -0.3 is 0 Å². The average molecular weight is 153 g/mol.